The predicted octanol–water partition coefficient (Wildman–Crippen LogP) is 5.97. The molecule has 0 aromatic heterocycles. The number of benzene rings is 4. The van der Waals surface area contributed by atoms with Crippen LogP contribution in [-0.4, -0.2) is 24.9 Å². The van der Waals surface area contributed by atoms with E-state index in [0.717, 1.165) is 16.7 Å². The van der Waals surface area contributed by atoms with E-state index in [2.05, 4.69) is 0 Å². The number of rotatable bonds is 9. The van der Waals surface area contributed by atoms with E-state index < -0.39 is 16.1 Å². The summed E-state index contributed by atoms with van der Waals surface area (Å²) in [5, 5.41) is 11.5. The fourth-order valence-electron chi connectivity index (χ4n) is 3.86. The molecule has 0 amide bonds. The van der Waals surface area contributed by atoms with Crippen LogP contribution in [0.25, 0.3) is 5.57 Å². The minimum absolute atomic E-state index is 0.114. The first-order valence-corrected chi connectivity index (χ1v) is 13.0. The lowest BCUT2D eigenvalue weighted by atomic mass is 9.96. The second-order valence-electron chi connectivity index (χ2n) is 8.48. The van der Waals surface area contributed by atoms with Crippen LogP contribution in [0.4, 0.5) is 0 Å². The van der Waals surface area contributed by atoms with Crippen molar-refractivity contribution in [1.82, 2.24) is 4.31 Å². The quantitative estimate of drug-likeness (QED) is 0.308. The molecule has 4 aromatic rings. The van der Waals surface area contributed by atoms with Crippen LogP contribution in [0.1, 0.15) is 28.4 Å². The van der Waals surface area contributed by atoms with Crippen molar-refractivity contribution in [3.63, 3.8) is 0 Å². The first-order chi connectivity index (χ1) is 17.4. The SMILES string of the molecule is COc1ccc([C@@H](O)/C(=C/N(Cc2ccccc2)S(=O)(=O)c2ccc(C)cc2)c2ccccc2)cc1. The second-order valence-corrected chi connectivity index (χ2v) is 10.4. The summed E-state index contributed by atoms with van der Waals surface area (Å²) in [6.45, 7) is 2.03. The Morgan fingerprint density at radius 2 is 1.44 bits per heavy atom. The molecule has 0 fully saturated rings. The Labute approximate surface area is 213 Å². The van der Waals surface area contributed by atoms with Gasteiger partial charge in [0.25, 0.3) is 10.0 Å². The van der Waals surface area contributed by atoms with Gasteiger partial charge in [-0.25, -0.2) is 8.42 Å². The molecular formula is C30H29NO4S. The molecule has 0 bridgehead atoms. The van der Waals surface area contributed by atoms with Crippen molar-refractivity contribution in [2.24, 2.45) is 0 Å². The maximum Gasteiger partial charge on any atom is 0.264 e. The number of hydrogen-bond donors (Lipinski definition) is 1. The van der Waals surface area contributed by atoms with E-state index in [1.807, 2.05) is 67.6 Å². The fraction of sp³-hybridized carbons (Fsp3) is 0.133. The third kappa shape index (κ3) is 5.85. The number of nitrogens with zero attached hydrogens (tertiary/aromatic N) is 1. The zero-order valence-corrected chi connectivity index (χ0v) is 21.1. The van der Waals surface area contributed by atoms with E-state index >= 15 is 0 Å². The molecule has 184 valence electrons. The molecule has 6 heteroatoms. The average molecular weight is 500 g/mol. The number of aliphatic hydroxyl groups is 1. The van der Waals surface area contributed by atoms with Gasteiger partial charge in [-0.2, -0.15) is 0 Å². The average Bonchev–Trinajstić information content (AvgIpc) is 2.92. The van der Waals surface area contributed by atoms with Gasteiger partial charge < -0.3 is 9.84 Å². The van der Waals surface area contributed by atoms with Crippen LogP contribution in [0.2, 0.25) is 0 Å². The molecule has 0 heterocycles. The van der Waals surface area contributed by atoms with E-state index in [0.29, 0.717) is 16.9 Å². The van der Waals surface area contributed by atoms with E-state index in [1.165, 1.54) is 4.31 Å². The number of aliphatic hydroxyl groups excluding tert-OH is 1. The molecule has 1 N–H and O–H groups in total. The van der Waals surface area contributed by atoms with Gasteiger partial charge in [-0.3, -0.25) is 4.31 Å². The van der Waals surface area contributed by atoms with Gasteiger partial charge in [0.05, 0.1) is 18.6 Å². The fourth-order valence-corrected chi connectivity index (χ4v) is 5.19. The van der Waals surface area contributed by atoms with E-state index in [4.69, 9.17) is 4.74 Å². The van der Waals surface area contributed by atoms with Crippen LogP contribution < -0.4 is 4.74 Å². The van der Waals surface area contributed by atoms with Crippen molar-refractivity contribution in [2.45, 2.75) is 24.5 Å². The summed E-state index contributed by atoms with van der Waals surface area (Å²) in [4.78, 5) is 0.187. The zero-order valence-electron chi connectivity index (χ0n) is 20.3. The molecule has 0 aliphatic carbocycles. The Balaban J connectivity index is 1.85. The summed E-state index contributed by atoms with van der Waals surface area (Å²) >= 11 is 0. The third-order valence-electron chi connectivity index (χ3n) is 5.93. The number of ether oxygens (including phenoxy) is 1. The summed E-state index contributed by atoms with van der Waals surface area (Å²) in [5.74, 6) is 0.670. The Morgan fingerprint density at radius 1 is 0.861 bits per heavy atom. The van der Waals surface area contributed by atoms with Crippen molar-refractivity contribution in [3.8, 4) is 5.75 Å². The molecule has 0 saturated heterocycles. The predicted molar refractivity (Wildman–Crippen MR) is 143 cm³/mol. The topological polar surface area (TPSA) is 66.8 Å². The van der Waals surface area contributed by atoms with Crippen LogP contribution in [0.15, 0.2) is 120 Å². The van der Waals surface area contributed by atoms with Gasteiger partial charge in [0.2, 0.25) is 0 Å². The van der Waals surface area contributed by atoms with Gasteiger partial charge in [0.1, 0.15) is 11.9 Å². The van der Waals surface area contributed by atoms with Crippen LogP contribution in [0.3, 0.4) is 0 Å². The summed E-state index contributed by atoms with van der Waals surface area (Å²) in [5.41, 5.74) is 3.61. The van der Waals surface area contributed by atoms with Crippen molar-refractivity contribution >= 4 is 15.6 Å². The van der Waals surface area contributed by atoms with Crippen molar-refractivity contribution in [3.05, 3.63) is 138 Å². The molecule has 5 nitrogen and oxygen atoms in total. The highest BCUT2D eigenvalue weighted by Crippen LogP contribution is 2.33. The van der Waals surface area contributed by atoms with E-state index in [9.17, 15) is 13.5 Å². The lowest BCUT2D eigenvalue weighted by Gasteiger charge is -2.25. The van der Waals surface area contributed by atoms with Gasteiger partial charge >= 0.3 is 0 Å². The molecule has 1 atom stereocenters. The lowest BCUT2D eigenvalue weighted by Crippen LogP contribution is -2.26. The number of aryl methyl sites for hydroxylation is 1. The van der Waals surface area contributed by atoms with E-state index in [1.54, 1.807) is 61.8 Å². The van der Waals surface area contributed by atoms with Gasteiger partial charge in [0.15, 0.2) is 0 Å². The standard InChI is InChI=1S/C30H29NO4S/c1-23-13-19-28(20-14-23)36(33,34)31(21-24-9-5-3-6-10-24)22-29(25-11-7-4-8-12-25)30(32)26-15-17-27(35-2)18-16-26/h3-20,22,30,32H,21H2,1-2H3/b29-22+/t30-/m1/s1. The van der Waals surface area contributed by atoms with E-state index in [-0.39, 0.29) is 11.4 Å². The Morgan fingerprint density at radius 3 is 2.03 bits per heavy atom. The van der Waals surface area contributed by atoms with Crippen molar-refractivity contribution in [2.75, 3.05) is 7.11 Å². The highest BCUT2D eigenvalue weighted by Gasteiger charge is 2.25. The second kappa shape index (κ2) is 11.2. The summed E-state index contributed by atoms with van der Waals surface area (Å²) in [6.07, 6.45) is 0.483. The Kier molecular flexibility index (Phi) is 7.88. The monoisotopic (exact) mass is 499 g/mol. The molecule has 0 unspecified atom stereocenters. The van der Waals surface area contributed by atoms with Crippen LogP contribution in [0.5, 0.6) is 5.75 Å². The molecule has 0 aliphatic heterocycles. The first kappa shape index (κ1) is 25.2. The molecular weight excluding hydrogens is 470 g/mol. The molecule has 0 radical (unpaired) electrons. The Hall–Kier alpha value is -3.87. The van der Waals surface area contributed by atoms with Gasteiger partial charge in [-0.15, -0.1) is 0 Å². The zero-order chi connectivity index (χ0) is 25.5. The molecule has 0 saturated carbocycles. The smallest absolute Gasteiger partial charge is 0.264 e. The normalized spacial score (nSPS) is 12.7. The summed E-state index contributed by atoms with van der Waals surface area (Å²) < 4.78 is 34.2. The van der Waals surface area contributed by atoms with Crippen molar-refractivity contribution < 1.29 is 18.3 Å². The number of hydrogen-bond acceptors (Lipinski definition) is 4. The molecule has 4 rings (SSSR count). The largest absolute Gasteiger partial charge is 0.497 e. The summed E-state index contributed by atoms with van der Waals surface area (Å²) in [7, 11) is -2.34. The van der Waals surface area contributed by atoms with Gasteiger partial charge in [0, 0.05) is 11.8 Å². The maximum absolute atomic E-state index is 13.8. The lowest BCUT2D eigenvalue weighted by molar-refractivity contribution is 0.237. The first-order valence-electron chi connectivity index (χ1n) is 11.6. The highest BCUT2D eigenvalue weighted by molar-refractivity contribution is 7.89. The maximum atomic E-state index is 13.8. The van der Waals surface area contributed by atoms with Crippen LogP contribution in [-0.2, 0) is 16.6 Å². The number of methoxy groups -OCH3 is 1. The molecule has 0 aliphatic rings. The van der Waals surface area contributed by atoms with Crippen molar-refractivity contribution in [1.29, 1.82) is 0 Å². The molecule has 4 aromatic carbocycles. The minimum atomic E-state index is -3.92. The number of sulfonamides is 1. The molecule has 36 heavy (non-hydrogen) atoms. The Bertz CT molecular complexity index is 1400. The highest BCUT2D eigenvalue weighted by atomic mass is 32.2. The third-order valence-corrected chi connectivity index (χ3v) is 7.64. The van der Waals surface area contributed by atoms with Gasteiger partial charge in [-0.05, 0) is 47.9 Å². The van der Waals surface area contributed by atoms with Crippen LogP contribution >= 0.6 is 0 Å². The van der Waals surface area contributed by atoms with Gasteiger partial charge in [-0.1, -0.05) is 90.5 Å². The van der Waals surface area contributed by atoms with Crippen LogP contribution in [0, 0.1) is 6.92 Å². The summed E-state index contributed by atoms with van der Waals surface area (Å²) in [6, 6.07) is 32.6. The minimum Gasteiger partial charge on any atom is -0.497 e. The molecule has 0 spiro atoms.